The molecule has 11 heteroatoms. The minimum atomic E-state index is -0.838. The van der Waals surface area contributed by atoms with Crippen molar-refractivity contribution in [2.75, 3.05) is 12.0 Å². The predicted molar refractivity (Wildman–Crippen MR) is 147 cm³/mol. The molecule has 2 fully saturated rings. The van der Waals surface area contributed by atoms with Gasteiger partial charge in [-0.3, -0.25) is 14.4 Å². The molecular formula is C28H32N6O4S. The topological polar surface area (TPSA) is 111 Å². The van der Waals surface area contributed by atoms with Crippen LogP contribution in [0.4, 0.5) is 5.69 Å². The molecule has 39 heavy (non-hydrogen) atoms. The van der Waals surface area contributed by atoms with Gasteiger partial charge in [0.1, 0.15) is 11.8 Å². The lowest BCUT2D eigenvalue weighted by molar-refractivity contribution is -0.141. The molecule has 1 saturated heterocycles. The van der Waals surface area contributed by atoms with Gasteiger partial charge in [-0.2, -0.15) is 4.68 Å². The number of amides is 3. The van der Waals surface area contributed by atoms with Crippen molar-refractivity contribution in [2.45, 2.75) is 74.4 Å². The molecule has 5 rings (SSSR count). The van der Waals surface area contributed by atoms with Crippen molar-refractivity contribution in [3.8, 4) is 11.4 Å². The van der Waals surface area contributed by atoms with Crippen molar-refractivity contribution in [3.05, 3.63) is 54.6 Å². The lowest BCUT2D eigenvalue weighted by Gasteiger charge is -2.39. The van der Waals surface area contributed by atoms with Gasteiger partial charge < -0.3 is 9.64 Å². The fraction of sp³-hybridized carbons (Fsp3) is 0.429. The van der Waals surface area contributed by atoms with Crippen molar-refractivity contribution in [3.63, 3.8) is 0 Å². The van der Waals surface area contributed by atoms with Gasteiger partial charge in [-0.15, -0.1) is 5.10 Å². The number of methoxy groups -OCH3 is 1. The van der Waals surface area contributed by atoms with Crippen LogP contribution in [0.5, 0.6) is 5.75 Å². The molecule has 1 aliphatic carbocycles. The molecule has 0 spiro atoms. The zero-order valence-electron chi connectivity index (χ0n) is 22.1. The maximum absolute atomic E-state index is 14.2. The molecule has 2 aromatic carbocycles. The molecule has 10 nitrogen and oxygen atoms in total. The summed E-state index contributed by atoms with van der Waals surface area (Å²) in [7, 11) is 1.56. The predicted octanol–water partition coefficient (Wildman–Crippen LogP) is 4.04. The van der Waals surface area contributed by atoms with Gasteiger partial charge in [0.2, 0.25) is 17.0 Å². The van der Waals surface area contributed by atoms with Crippen LogP contribution < -0.4 is 9.64 Å². The number of nitrogens with zero attached hydrogens (tertiary/aromatic N) is 6. The molecule has 2 aliphatic rings. The molecule has 1 aliphatic heterocycles. The van der Waals surface area contributed by atoms with E-state index in [0.717, 1.165) is 37.8 Å². The summed E-state index contributed by atoms with van der Waals surface area (Å²) in [4.78, 5) is 44.1. The van der Waals surface area contributed by atoms with Crippen molar-refractivity contribution in [1.29, 1.82) is 0 Å². The number of imide groups is 1. The monoisotopic (exact) mass is 548 g/mol. The van der Waals surface area contributed by atoms with Crippen LogP contribution in [0.1, 0.15) is 51.9 Å². The fourth-order valence-electron chi connectivity index (χ4n) is 5.37. The molecule has 3 aromatic rings. The van der Waals surface area contributed by atoms with E-state index in [2.05, 4.69) is 15.5 Å². The lowest BCUT2D eigenvalue weighted by atomic mass is 9.92. The van der Waals surface area contributed by atoms with E-state index in [1.54, 1.807) is 41.0 Å². The Morgan fingerprint density at radius 2 is 1.77 bits per heavy atom. The standard InChI is InChI=1S/C28H32N6O4S/c1-3-24(39-28-29-30-31-34(28)21-12-8-5-9-13-21)27(37)32(19-10-6-4-7-11-19)23-18-25(35)33(26(23)36)20-14-16-22(38-2)17-15-20/h5,8-9,12-17,19,23-24H,3-4,6-7,10-11,18H2,1-2H3. The largest absolute Gasteiger partial charge is 0.497 e. The van der Waals surface area contributed by atoms with Gasteiger partial charge in [0.25, 0.3) is 5.91 Å². The highest BCUT2D eigenvalue weighted by molar-refractivity contribution is 8.00. The first-order chi connectivity index (χ1) is 19.0. The van der Waals surface area contributed by atoms with E-state index in [1.165, 1.54) is 16.7 Å². The van der Waals surface area contributed by atoms with Crippen molar-refractivity contribution in [1.82, 2.24) is 25.1 Å². The van der Waals surface area contributed by atoms with E-state index in [9.17, 15) is 14.4 Å². The number of ether oxygens (including phenoxy) is 1. The van der Waals surface area contributed by atoms with E-state index >= 15 is 0 Å². The van der Waals surface area contributed by atoms with E-state index in [1.807, 2.05) is 37.3 Å². The molecule has 204 valence electrons. The van der Waals surface area contributed by atoms with Gasteiger partial charge in [0.15, 0.2) is 0 Å². The summed E-state index contributed by atoms with van der Waals surface area (Å²) in [6.45, 7) is 1.94. The average Bonchev–Trinajstić information content (AvgIpc) is 3.56. The maximum atomic E-state index is 14.2. The number of para-hydroxylation sites is 1. The third-order valence-electron chi connectivity index (χ3n) is 7.35. The Labute approximate surface area is 231 Å². The highest BCUT2D eigenvalue weighted by Gasteiger charge is 2.47. The number of anilines is 1. The van der Waals surface area contributed by atoms with Gasteiger partial charge in [-0.25, -0.2) is 4.90 Å². The summed E-state index contributed by atoms with van der Waals surface area (Å²) in [6, 6.07) is 15.4. The second-order valence-electron chi connectivity index (χ2n) is 9.75. The minimum absolute atomic E-state index is 0.0318. The summed E-state index contributed by atoms with van der Waals surface area (Å²) < 4.78 is 6.83. The molecule has 2 atom stereocenters. The number of benzene rings is 2. The summed E-state index contributed by atoms with van der Waals surface area (Å²) in [5, 5.41) is 12.1. The zero-order chi connectivity index (χ0) is 27.4. The number of aromatic nitrogens is 4. The Morgan fingerprint density at radius 3 is 2.44 bits per heavy atom. The highest BCUT2D eigenvalue weighted by atomic mass is 32.2. The van der Waals surface area contributed by atoms with Crippen molar-refractivity contribution >= 4 is 35.2 Å². The normalized spacial score (nSPS) is 18.8. The first-order valence-electron chi connectivity index (χ1n) is 13.3. The van der Waals surface area contributed by atoms with Gasteiger partial charge in [-0.1, -0.05) is 56.1 Å². The van der Waals surface area contributed by atoms with Crippen LogP contribution in [0, 0.1) is 0 Å². The fourth-order valence-corrected chi connectivity index (χ4v) is 6.34. The molecule has 0 N–H and O–H groups in total. The number of tetrazole rings is 1. The van der Waals surface area contributed by atoms with Gasteiger partial charge in [0, 0.05) is 6.04 Å². The molecule has 1 aromatic heterocycles. The number of hydrogen-bond donors (Lipinski definition) is 0. The molecule has 0 radical (unpaired) electrons. The minimum Gasteiger partial charge on any atom is -0.497 e. The molecular weight excluding hydrogens is 516 g/mol. The maximum Gasteiger partial charge on any atom is 0.257 e. The van der Waals surface area contributed by atoms with E-state index in [0.29, 0.717) is 23.0 Å². The van der Waals surface area contributed by atoms with Crippen LogP contribution in [0.3, 0.4) is 0 Å². The second kappa shape index (κ2) is 12.0. The van der Waals surface area contributed by atoms with Crippen LogP contribution in [0.15, 0.2) is 59.8 Å². The van der Waals surface area contributed by atoms with Crippen LogP contribution >= 0.6 is 11.8 Å². The van der Waals surface area contributed by atoms with E-state index in [4.69, 9.17) is 4.74 Å². The van der Waals surface area contributed by atoms with Crippen LogP contribution in [0.25, 0.3) is 5.69 Å². The van der Waals surface area contributed by atoms with E-state index < -0.39 is 11.3 Å². The van der Waals surface area contributed by atoms with E-state index in [-0.39, 0.29) is 30.2 Å². The first kappa shape index (κ1) is 26.9. The Morgan fingerprint density at radius 1 is 1.05 bits per heavy atom. The molecule has 2 heterocycles. The zero-order valence-corrected chi connectivity index (χ0v) is 22.9. The number of hydrogen-bond acceptors (Lipinski definition) is 8. The van der Waals surface area contributed by atoms with Gasteiger partial charge in [0.05, 0.1) is 30.2 Å². The molecule has 3 amide bonds. The Balaban J connectivity index is 1.42. The molecule has 0 bridgehead atoms. The number of carbonyl (C=O) groups excluding carboxylic acids is 3. The Hall–Kier alpha value is -3.73. The van der Waals surface area contributed by atoms with Crippen LogP contribution in [-0.2, 0) is 14.4 Å². The average molecular weight is 549 g/mol. The molecule has 1 saturated carbocycles. The van der Waals surface area contributed by atoms with Crippen molar-refractivity contribution < 1.29 is 19.1 Å². The SMILES string of the molecule is CCC(Sc1nnnn1-c1ccccc1)C(=O)N(C1CCCCC1)C1CC(=O)N(c2ccc(OC)cc2)C1=O. The summed E-state index contributed by atoms with van der Waals surface area (Å²) in [6.07, 6.45) is 5.20. The number of carbonyl (C=O) groups is 3. The summed E-state index contributed by atoms with van der Waals surface area (Å²) in [5.41, 5.74) is 1.27. The molecule has 2 unspecified atom stereocenters. The second-order valence-corrected chi connectivity index (χ2v) is 10.9. The number of thioether (sulfide) groups is 1. The quantitative estimate of drug-likeness (QED) is 0.291. The van der Waals surface area contributed by atoms with Gasteiger partial charge in [-0.05, 0) is 66.1 Å². The summed E-state index contributed by atoms with van der Waals surface area (Å²) in [5.74, 6) is -0.190. The third kappa shape index (κ3) is 5.54. The Bertz CT molecular complexity index is 1310. The lowest BCUT2D eigenvalue weighted by Crippen LogP contribution is -2.53. The van der Waals surface area contributed by atoms with Crippen LogP contribution in [-0.4, -0.2) is 67.3 Å². The summed E-state index contributed by atoms with van der Waals surface area (Å²) >= 11 is 1.29. The number of rotatable bonds is 9. The third-order valence-corrected chi connectivity index (χ3v) is 8.63. The smallest absolute Gasteiger partial charge is 0.257 e. The first-order valence-corrected chi connectivity index (χ1v) is 14.2. The van der Waals surface area contributed by atoms with Crippen molar-refractivity contribution in [2.24, 2.45) is 0 Å². The van der Waals surface area contributed by atoms with Gasteiger partial charge >= 0.3 is 0 Å². The van der Waals surface area contributed by atoms with Crippen LogP contribution in [0.2, 0.25) is 0 Å². The highest BCUT2D eigenvalue weighted by Crippen LogP contribution is 2.35. The Kier molecular flexibility index (Phi) is 8.25.